The molecule has 1 aromatic heterocycles. The number of aromatic amines is 1. The summed E-state index contributed by atoms with van der Waals surface area (Å²) >= 11 is 1.58. The molecule has 1 aliphatic rings. The van der Waals surface area contributed by atoms with Gasteiger partial charge in [0.05, 0.1) is 18.8 Å². The van der Waals surface area contributed by atoms with E-state index in [2.05, 4.69) is 22.1 Å². The fourth-order valence-corrected chi connectivity index (χ4v) is 4.49. The van der Waals surface area contributed by atoms with Crippen LogP contribution in [0.5, 0.6) is 0 Å². The first-order valence-electron chi connectivity index (χ1n) is 9.95. The first-order chi connectivity index (χ1) is 14.7. The zero-order chi connectivity index (χ0) is 20.9. The van der Waals surface area contributed by atoms with Crippen molar-refractivity contribution in [3.05, 3.63) is 77.1 Å². The first-order valence-corrected chi connectivity index (χ1v) is 10.9. The molecule has 0 radical (unpaired) electrons. The molecule has 0 unspecified atom stereocenters. The van der Waals surface area contributed by atoms with Crippen LogP contribution >= 0.6 is 11.8 Å². The van der Waals surface area contributed by atoms with E-state index >= 15 is 0 Å². The molecule has 2 aromatic carbocycles. The number of aliphatic hydroxyl groups is 1. The summed E-state index contributed by atoms with van der Waals surface area (Å²) in [6.45, 7) is 2.67. The highest BCUT2D eigenvalue weighted by atomic mass is 32.2. The fraction of sp³-hybridized carbons (Fsp3) is 0.364. The Bertz CT molecular complexity index is 919. The number of H-pyrrole nitrogens is 1. The van der Waals surface area contributed by atoms with Gasteiger partial charge in [0, 0.05) is 23.8 Å². The number of nitrogens with one attached hydrogen (secondary N) is 1. The lowest BCUT2D eigenvalue weighted by Gasteiger charge is -2.41. The number of ether oxygens (including phenoxy) is 2. The maximum atomic E-state index is 9.35. The molecule has 4 atom stereocenters. The number of nitrogens with zero attached hydrogens (tertiary/aromatic N) is 2. The van der Waals surface area contributed by atoms with Crippen LogP contribution in [0.1, 0.15) is 41.6 Å². The van der Waals surface area contributed by atoms with Crippen molar-refractivity contribution in [1.29, 1.82) is 0 Å². The highest BCUT2D eigenvalue weighted by molar-refractivity contribution is 7.99. The lowest BCUT2D eigenvalue weighted by Crippen LogP contribution is -2.38. The number of hydrogen-bond donors (Lipinski definition) is 3. The average molecular weight is 427 g/mol. The van der Waals surface area contributed by atoms with Gasteiger partial charge in [-0.2, -0.15) is 5.10 Å². The standard InChI is InChI=1S/C22H26N4O3S/c1-14-19(12-30-22-24-13-25-26-22)28-21(18-8-2-15(10-23)3-9-18)29-20(14)17-6-4-16(11-27)5-7-17/h2-9,13-14,19-21,27H,10-12,23H2,1H3,(H,24,25,26)/t14-,19+,20+,21+/m0/s1. The topological polar surface area (TPSA) is 106 Å². The minimum atomic E-state index is -0.476. The Hall–Kier alpha value is -2.23. The Kier molecular flexibility index (Phi) is 6.81. The summed E-state index contributed by atoms with van der Waals surface area (Å²) in [6.07, 6.45) is 0.849. The summed E-state index contributed by atoms with van der Waals surface area (Å²) in [6, 6.07) is 15.9. The third kappa shape index (κ3) is 4.74. The van der Waals surface area contributed by atoms with E-state index in [4.69, 9.17) is 15.2 Å². The zero-order valence-corrected chi connectivity index (χ0v) is 17.6. The summed E-state index contributed by atoms with van der Waals surface area (Å²) in [5, 5.41) is 16.9. The van der Waals surface area contributed by atoms with Gasteiger partial charge in [-0.25, -0.2) is 4.98 Å². The Morgan fingerprint density at radius 2 is 1.73 bits per heavy atom. The molecule has 158 valence electrons. The number of nitrogens with two attached hydrogens (primary N) is 1. The van der Waals surface area contributed by atoms with Gasteiger partial charge in [-0.3, -0.25) is 5.10 Å². The Balaban J connectivity index is 1.58. The Morgan fingerprint density at radius 3 is 2.37 bits per heavy atom. The number of thioether (sulfide) groups is 1. The molecule has 4 rings (SSSR count). The summed E-state index contributed by atoms with van der Waals surface area (Å²) in [5.41, 5.74) is 9.71. The van der Waals surface area contributed by atoms with Gasteiger partial charge in [-0.1, -0.05) is 67.2 Å². The van der Waals surface area contributed by atoms with Crippen molar-refractivity contribution < 1.29 is 14.6 Å². The molecule has 8 heteroatoms. The van der Waals surface area contributed by atoms with Crippen LogP contribution in [0.15, 0.2) is 60.0 Å². The van der Waals surface area contributed by atoms with Crippen molar-refractivity contribution in [2.24, 2.45) is 11.7 Å². The quantitative estimate of drug-likeness (QED) is 0.498. The minimum absolute atomic E-state index is 0.0248. The molecule has 30 heavy (non-hydrogen) atoms. The normalized spacial score (nSPS) is 24.1. The largest absolute Gasteiger partial charge is 0.392 e. The van der Waals surface area contributed by atoms with Crippen molar-refractivity contribution in [1.82, 2.24) is 15.2 Å². The van der Waals surface area contributed by atoms with E-state index in [1.54, 1.807) is 11.8 Å². The second-order valence-electron chi connectivity index (χ2n) is 7.37. The van der Waals surface area contributed by atoms with E-state index in [1.165, 1.54) is 6.33 Å². The summed E-state index contributed by atoms with van der Waals surface area (Å²) in [5.74, 6) is 0.849. The van der Waals surface area contributed by atoms with Crippen LogP contribution in [0.4, 0.5) is 0 Å². The number of aromatic nitrogens is 3. The van der Waals surface area contributed by atoms with Gasteiger partial charge in [0.2, 0.25) is 0 Å². The van der Waals surface area contributed by atoms with Crippen LogP contribution in [0, 0.1) is 5.92 Å². The molecule has 0 amide bonds. The van der Waals surface area contributed by atoms with Gasteiger partial charge in [0.25, 0.3) is 0 Å². The molecular weight excluding hydrogens is 400 g/mol. The Morgan fingerprint density at radius 1 is 1.03 bits per heavy atom. The molecule has 1 fully saturated rings. The highest BCUT2D eigenvalue weighted by Gasteiger charge is 2.38. The molecule has 2 heterocycles. The number of hydrogen-bond acceptors (Lipinski definition) is 7. The van der Waals surface area contributed by atoms with E-state index in [-0.39, 0.29) is 24.7 Å². The van der Waals surface area contributed by atoms with Gasteiger partial charge in [0.15, 0.2) is 11.4 Å². The smallest absolute Gasteiger partial charge is 0.184 e. The second kappa shape index (κ2) is 9.72. The molecule has 1 aliphatic heterocycles. The summed E-state index contributed by atoms with van der Waals surface area (Å²) < 4.78 is 12.8. The van der Waals surface area contributed by atoms with Crippen molar-refractivity contribution in [3.8, 4) is 0 Å². The summed E-state index contributed by atoms with van der Waals surface area (Å²) in [4.78, 5) is 4.19. The van der Waals surface area contributed by atoms with Gasteiger partial charge in [-0.05, 0) is 16.7 Å². The van der Waals surface area contributed by atoms with Gasteiger partial charge < -0.3 is 20.3 Å². The van der Waals surface area contributed by atoms with Crippen LogP contribution < -0.4 is 5.73 Å². The first kappa shape index (κ1) is 21.0. The minimum Gasteiger partial charge on any atom is -0.392 e. The fourth-order valence-electron chi connectivity index (χ4n) is 3.55. The number of aliphatic hydroxyl groups excluding tert-OH is 1. The predicted molar refractivity (Wildman–Crippen MR) is 114 cm³/mol. The van der Waals surface area contributed by atoms with E-state index in [0.29, 0.717) is 6.54 Å². The molecular formula is C22H26N4O3S. The number of rotatable bonds is 7. The lowest BCUT2D eigenvalue weighted by atomic mass is 9.91. The van der Waals surface area contributed by atoms with Crippen molar-refractivity contribution in [2.45, 2.75) is 43.7 Å². The van der Waals surface area contributed by atoms with E-state index in [0.717, 1.165) is 33.2 Å². The van der Waals surface area contributed by atoms with Crippen molar-refractivity contribution >= 4 is 11.8 Å². The van der Waals surface area contributed by atoms with Gasteiger partial charge in [-0.15, -0.1) is 0 Å². The third-order valence-electron chi connectivity index (χ3n) is 5.39. The molecule has 0 aliphatic carbocycles. The molecule has 4 N–H and O–H groups in total. The van der Waals surface area contributed by atoms with Crippen LogP contribution in [-0.4, -0.2) is 32.1 Å². The Labute approximate surface area is 180 Å². The molecule has 1 saturated heterocycles. The average Bonchev–Trinajstić information content (AvgIpc) is 3.32. The SMILES string of the molecule is C[C@H]1[C@@H](CSc2ncn[nH]2)O[C@@H](c2ccc(CN)cc2)O[C@H]1c1ccc(CO)cc1. The van der Waals surface area contributed by atoms with Crippen LogP contribution in [0.25, 0.3) is 0 Å². The van der Waals surface area contributed by atoms with Crippen LogP contribution in [-0.2, 0) is 22.6 Å². The van der Waals surface area contributed by atoms with E-state index < -0.39 is 6.29 Å². The number of benzene rings is 2. The predicted octanol–water partition coefficient (Wildman–Crippen LogP) is 3.34. The maximum Gasteiger partial charge on any atom is 0.184 e. The molecule has 0 spiro atoms. The van der Waals surface area contributed by atoms with Crippen molar-refractivity contribution in [2.75, 3.05) is 5.75 Å². The monoisotopic (exact) mass is 426 g/mol. The maximum absolute atomic E-state index is 9.35. The van der Waals surface area contributed by atoms with Gasteiger partial charge >= 0.3 is 0 Å². The lowest BCUT2D eigenvalue weighted by molar-refractivity contribution is -0.268. The molecule has 3 aromatic rings. The molecule has 0 bridgehead atoms. The third-order valence-corrected chi connectivity index (χ3v) is 6.35. The molecule has 0 saturated carbocycles. The van der Waals surface area contributed by atoms with Crippen LogP contribution in [0.3, 0.4) is 0 Å². The van der Waals surface area contributed by atoms with Crippen LogP contribution in [0.2, 0.25) is 0 Å². The van der Waals surface area contributed by atoms with Crippen molar-refractivity contribution in [3.63, 3.8) is 0 Å². The van der Waals surface area contributed by atoms with E-state index in [1.807, 2.05) is 48.5 Å². The van der Waals surface area contributed by atoms with E-state index in [9.17, 15) is 5.11 Å². The highest BCUT2D eigenvalue weighted by Crippen LogP contribution is 2.42. The summed E-state index contributed by atoms with van der Waals surface area (Å²) in [7, 11) is 0. The zero-order valence-electron chi connectivity index (χ0n) is 16.8. The molecule has 7 nitrogen and oxygen atoms in total. The van der Waals surface area contributed by atoms with Gasteiger partial charge in [0.1, 0.15) is 6.33 Å². The second-order valence-corrected chi connectivity index (χ2v) is 8.38.